The number of amidine groups is 1. The van der Waals surface area contributed by atoms with Crippen molar-refractivity contribution >= 4 is 17.2 Å². The van der Waals surface area contributed by atoms with Gasteiger partial charge in [0.05, 0.1) is 0 Å². The van der Waals surface area contributed by atoms with Crippen molar-refractivity contribution in [3.05, 3.63) is 64.4 Å². The van der Waals surface area contributed by atoms with Gasteiger partial charge in [-0.1, -0.05) is 11.2 Å². The van der Waals surface area contributed by atoms with Gasteiger partial charge in [-0.2, -0.15) is 11.3 Å². The van der Waals surface area contributed by atoms with Crippen LogP contribution in [0.1, 0.15) is 11.3 Å². The Hall–Kier alpha value is -2.67. The van der Waals surface area contributed by atoms with Crippen molar-refractivity contribution in [3.8, 4) is 11.5 Å². The molecule has 3 aromatic rings. The lowest BCUT2D eigenvalue weighted by molar-refractivity contribution is 0.127. The van der Waals surface area contributed by atoms with E-state index in [2.05, 4.69) is 10.1 Å². The van der Waals surface area contributed by atoms with Crippen LogP contribution in [-0.4, -0.2) is 10.8 Å². The number of halogens is 1. The van der Waals surface area contributed by atoms with Crippen molar-refractivity contribution in [1.82, 2.24) is 4.98 Å². The molecular weight excluding hydrogens is 305 g/mol. The molecule has 0 bridgehead atoms. The van der Waals surface area contributed by atoms with Crippen LogP contribution in [0.3, 0.4) is 0 Å². The minimum absolute atomic E-state index is 0.115. The van der Waals surface area contributed by atoms with Gasteiger partial charge in [-0.25, -0.2) is 9.37 Å². The van der Waals surface area contributed by atoms with Crippen LogP contribution in [0.15, 0.2) is 56.9 Å². The summed E-state index contributed by atoms with van der Waals surface area (Å²) in [6.45, 7) is 0.115. The number of nitrogens with zero attached hydrogens (tertiary/aromatic N) is 2. The summed E-state index contributed by atoms with van der Waals surface area (Å²) < 4.78 is 18.5. The fourth-order valence-corrected chi connectivity index (χ4v) is 2.41. The van der Waals surface area contributed by atoms with E-state index in [0.29, 0.717) is 23.0 Å². The van der Waals surface area contributed by atoms with Gasteiger partial charge in [0, 0.05) is 16.5 Å². The second-order valence-electron chi connectivity index (χ2n) is 4.42. The van der Waals surface area contributed by atoms with Crippen molar-refractivity contribution in [3.63, 3.8) is 0 Å². The molecule has 112 valence electrons. The Kier molecular flexibility index (Phi) is 4.15. The minimum Gasteiger partial charge on any atom is -0.444 e. The van der Waals surface area contributed by atoms with Gasteiger partial charge in [-0.05, 0) is 29.6 Å². The van der Waals surface area contributed by atoms with Gasteiger partial charge in [0.25, 0.3) is 0 Å². The highest BCUT2D eigenvalue weighted by Gasteiger charge is 2.08. The summed E-state index contributed by atoms with van der Waals surface area (Å²) in [5.41, 5.74) is 7.68. The predicted molar refractivity (Wildman–Crippen MR) is 81.7 cm³/mol. The maximum absolute atomic E-state index is 13.2. The normalized spacial score (nSPS) is 11.6. The molecule has 3 rings (SSSR count). The van der Waals surface area contributed by atoms with E-state index in [0.717, 1.165) is 5.56 Å². The topological polar surface area (TPSA) is 73.6 Å². The molecule has 5 nitrogen and oxygen atoms in total. The van der Waals surface area contributed by atoms with Crippen molar-refractivity contribution in [2.75, 3.05) is 0 Å². The maximum Gasteiger partial charge on any atom is 0.226 e. The first-order valence-electron chi connectivity index (χ1n) is 6.41. The van der Waals surface area contributed by atoms with E-state index in [4.69, 9.17) is 15.0 Å². The van der Waals surface area contributed by atoms with Gasteiger partial charge < -0.3 is 15.0 Å². The SMILES string of the molecule is N/C(=N/OCc1coc(-c2cccc(F)c2)n1)c1ccsc1. The fourth-order valence-electron chi connectivity index (χ4n) is 1.76. The predicted octanol–water partition coefficient (Wildman–Crippen LogP) is 3.38. The fraction of sp³-hybridized carbons (Fsp3) is 0.0667. The Morgan fingerprint density at radius 1 is 1.41 bits per heavy atom. The Balaban J connectivity index is 1.64. The van der Waals surface area contributed by atoms with Crippen molar-refractivity contribution in [1.29, 1.82) is 0 Å². The van der Waals surface area contributed by atoms with Crippen LogP contribution < -0.4 is 5.73 Å². The van der Waals surface area contributed by atoms with Crippen LogP contribution in [0.4, 0.5) is 4.39 Å². The monoisotopic (exact) mass is 317 g/mol. The Morgan fingerprint density at radius 2 is 2.32 bits per heavy atom. The maximum atomic E-state index is 13.2. The first kappa shape index (κ1) is 14.3. The molecule has 0 atom stereocenters. The number of thiophene rings is 1. The summed E-state index contributed by atoms with van der Waals surface area (Å²) in [5.74, 6) is 0.282. The molecule has 22 heavy (non-hydrogen) atoms. The lowest BCUT2D eigenvalue weighted by Gasteiger charge is -1.98. The molecule has 7 heteroatoms. The highest BCUT2D eigenvalue weighted by Crippen LogP contribution is 2.19. The molecule has 0 saturated heterocycles. The zero-order valence-electron chi connectivity index (χ0n) is 11.4. The van der Waals surface area contributed by atoms with Gasteiger partial charge in [0.15, 0.2) is 12.4 Å². The second kappa shape index (κ2) is 6.40. The van der Waals surface area contributed by atoms with Gasteiger partial charge in [0.1, 0.15) is 17.8 Å². The number of hydrogen-bond donors (Lipinski definition) is 1. The van der Waals surface area contributed by atoms with Gasteiger partial charge in [0.2, 0.25) is 5.89 Å². The number of aromatic nitrogens is 1. The smallest absolute Gasteiger partial charge is 0.226 e. The summed E-state index contributed by atoms with van der Waals surface area (Å²) in [6, 6.07) is 7.87. The van der Waals surface area contributed by atoms with Crippen molar-refractivity contribution < 1.29 is 13.6 Å². The lowest BCUT2D eigenvalue weighted by Crippen LogP contribution is -2.12. The summed E-state index contributed by atoms with van der Waals surface area (Å²) in [7, 11) is 0. The largest absolute Gasteiger partial charge is 0.444 e. The zero-order chi connectivity index (χ0) is 15.4. The Bertz CT molecular complexity index is 784. The second-order valence-corrected chi connectivity index (χ2v) is 5.20. The Morgan fingerprint density at radius 3 is 3.09 bits per heavy atom. The summed E-state index contributed by atoms with van der Waals surface area (Å²) in [5, 5.41) is 7.60. The van der Waals surface area contributed by atoms with E-state index in [-0.39, 0.29) is 12.4 Å². The van der Waals surface area contributed by atoms with Crippen LogP contribution >= 0.6 is 11.3 Å². The quantitative estimate of drug-likeness (QED) is 0.445. The number of nitrogens with two attached hydrogens (primary N) is 1. The number of oxime groups is 1. The highest BCUT2D eigenvalue weighted by atomic mass is 32.1. The summed E-state index contributed by atoms with van der Waals surface area (Å²) in [6.07, 6.45) is 1.44. The van der Waals surface area contributed by atoms with E-state index < -0.39 is 0 Å². The molecule has 0 aliphatic carbocycles. The molecule has 2 aromatic heterocycles. The number of oxazole rings is 1. The first-order chi connectivity index (χ1) is 10.7. The van der Waals surface area contributed by atoms with Crippen LogP contribution in [-0.2, 0) is 11.4 Å². The molecular formula is C15H12FN3O2S. The first-order valence-corrected chi connectivity index (χ1v) is 7.35. The van der Waals surface area contributed by atoms with E-state index in [1.54, 1.807) is 12.1 Å². The molecule has 0 fully saturated rings. The molecule has 2 N–H and O–H groups in total. The average Bonchev–Trinajstić information content (AvgIpc) is 3.19. The minimum atomic E-state index is -0.346. The Labute approximate surface area is 129 Å². The third-order valence-corrected chi connectivity index (χ3v) is 3.50. The van der Waals surface area contributed by atoms with E-state index >= 15 is 0 Å². The molecule has 0 aliphatic rings. The molecule has 0 amide bonds. The molecule has 0 aliphatic heterocycles. The van der Waals surface area contributed by atoms with Crippen LogP contribution in [0.2, 0.25) is 0 Å². The van der Waals surface area contributed by atoms with E-state index in [1.807, 2.05) is 16.8 Å². The molecule has 2 heterocycles. The molecule has 0 spiro atoms. The third kappa shape index (κ3) is 3.32. The van der Waals surface area contributed by atoms with Gasteiger partial charge in [-0.15, -0.1) is 0 Å². The average molecular weight is 317 g/mol. The van der Waals surface area contributed by atoms with E-state index in [1.165, 1.54) is 29.7 Å². The number of rotatable bonds is 5. The number of benzene rings is 1. The zero-order valence-corrected chi connectivity index (χ0v) is 12.2. The highest BCUT2D eigenvalue weighted by molar-refractivity contribution is 7.08. The standard InChI is InChI=1S/C15H12FN3O2S/c16-12-3-1-2-10(6-12)15-18-13(7-20-15)8-21-19-14(17)11-4-5-22-9-11/h1-7,9H,8H2,(H2,17,19). The molecule has 0 radical (unpaired) electrons. The third-order valence-electron chi connectivity index (χ3n) is 2.82. The van der Waals surface area contributed by atoms with Gasteiger partial charge >= 0.3 is 0 Å². The van der Waals surface area contributed by atoms with Crippen LogP contribution in [0.25, 0.3) is 11.5 Å². The van der Waals surface area contributed by atoms with Crippen LogP contribution in [0.5, 0.6) is 0 Å². The molecule has 1 aromatic carbocycles. The summed E-state index contributed by atoms with van der Waals surface area (Å²) >= 11 is 1.53. The van der Waals surface area contributed by atoms with Crippen molar-refractivity contribution in [2.45, 2.75) is 6.61 Å². The summed E-state index contributed by atoms with van der Waals surface area (Å²) in [4.78, 5) is 9.36. The van der Waals surface area contributed by atoms with Crippen molar-refractivity contribution in [2.24, 2.45) is 10.9 Å². The molecule has 0 saturated carbocycles. The van der Waals surface area contributed by atoms with Gasteiger partial charge in [-0.3, -0.25) is 0 Å². The van der Waals surface area contributed by atoms with Crippen LogP contribution in [0, 0.1) is 5.82 Å². The lowest BCUT2D eigenvalue weighted by atomic mass is 10.2. The molecule has 0 unspecified atom stereocenters. The number of hydrogen-bond acceptors (Lipinski definition) is 5. The van der Waals surface area contributed by atoms with E-state index in [9.17, 15) is 4.39 Å².